The van der Waals surface area contributed by atoms with Gasteiger partial charge in [-0.3, -0.25) is 19.7 Å². The lowest BCUT2D eigenvalue weighted by Gasteiger charge is -2.20. The average molecular weight is 437 g/mol. The summed E-state index contributed by atoms with van der Waals surface area (Å²) in [7, 11) is 0. The Balaban J connectivity index is 2.03. The van der Waals surface area contributed by atoms with E-state index < -0.39 is 22.8 Å². The molecule has 0 saturated heterocycles. The topological polar surface area (TPSA) is 114 Å². The highest BCUT2D eigenvalue weighted by molar-refractivity contribution is 6.36. The number of rotatable bonds is 7. The van der Waals surface area contributed by atoms with Crippen molar-refractivity contribution in [3.05, 3.63) is 73.8 Å². The number of nitro benzene ring substituents is 1. The maximum atomic E-state index is 12.5. The zero-order valence-corrected chi connectivity index (χ0v) is 17.1. The van der Waals surface area contributed by atoms with E-state index in [-0.39, 0.29) is 22.2 Å². The molecule has 2 amide bonds. The quantitative estimate of drug-likeness (QED) is 0.390. The maximum absolute atomic E-state index is 12.5. The number of hydrazone groups is 1. The first kappa shape index (κ1) is 22.3. The van der Waals surface area contributed by atoms with Gasteiger partial charge < -0.3 is 5.32 Å². The van der Waals surface area contributed by atoms with Gasteiger partial charge in [-0.1, -0.05) is 37.0 Å². The van der Waals surface area contributed by atoms with Gasteiger partial charge in [0.05, 0.1) is 21.7 Å². The van der Waals surface area contributed by atoms with E-state index in [1.807, 2.05) is 0 Å². The molecule has 2 rings (SSSR count). The van der Waals surface area contributed by atoms with Gasteiger partial charge in [-0.2, -0.15) is 5.10 Å². The van der Waals surface area contributed by atoms with Crippen molar-refractivity contribution in [2.24, 2.45) is 11.0 Å². The van der Waals surface area contributed by atoms with E-state index in [1.165, 1.54) is 48.7 Å². The summed E-state index contributed by atoms with van der Waals surface area (Å²) in [6, 6.07) is 9.24. The zero-order valence-electron chi connectivity index (χ0n) is 15.6. The lowest BCUT2D eigenvalue weighted by Crippen LogP contribution is -2.48. The van der Waals surface area contributed by atoms with Crippen LogP contribution in [0.15, 0.2) is 47.6 Å². The molecule has 29 heavy (non-hydrogen) atoms. The molecule has 152 valence electrons. The number of hydrogen-bond donors (Lipinski definition) is 2. The maximum Gasteiger partial charge on any atom is 0.269 e. The second-order valence-corrected chi connectivity index (χ2v) is 7.25. The van der Waals surface area contributed by atoms with Crippen LogP contribution in [0, 0.1) is 16.0 Å². The molecule has 0 aromatic heterocycles. The molecule has 10 heteroatoms. The van der Waals surface area contributed by atoms with Crippen molar-refractivity contribution in [3.63, 3.8) is 0 Å². The van der Waals surface area contributed by atoms with Gasteiger partial charge in [0.25, 0.3) is 17.5 Å². The van der Waals surface area contributed by atoms with E-state index in [9.17, 15) is 19.7 Å². The predicted octanol–water partition coefficient (Wildman–Crippen LogP) is 3.81. The van der Waals surface area contributed by atoms with Crippen LogP contribution in [0.1, 0.15) is 29.8 Å². The molecule has 2 aromatic rings. The number of nitro groups is 1. The molecule has 2 aromatic carbocycles. The van der Waals surface area contributed by atoms with Gasteiger partial charge in [-0.25, -0.2) is 5.43 Å². The normalized spacial score (nSPS) is 12.0. The smallest absolute Gasteiger partial charge is 0.269 e. The van der Waals surface area contributed by atoms with Gasteiger partial charge in [0, 0.05) is 17.2 Å². The molecule has 0 aliphatic rings. The first-order valence-corrected chi connectivity index (χ1v) is 9.28. The minimum atomic E-state index is -0.858. The lowest BCUT2D eigenvalue weighted by molar-refractivity contribution is -0.384. The molecule has 0 fully saturated rings. The molecule has 0 aliphatic heterocycles. The number of hydrogen-bond acceptors (Lipinski definition) is 5. The first-order chi connectivity index (χ1) is 13.7. The molecule has 0 heterocycles. The van der Waals surface area contributed by atoms with E-state index in [4.69, 9.17) is 23.2 Å². The van der Waals surface area contributed by atoms with Crippen LogP contribution in [0.4, 0.5) is 5.69 Å². The van der Waals surface area contributed by atoms with Crippen LogP contribution in [-0.4, -0.2) is 29.0 Å². The number of nitrogens with one attached hydrogen (secondary N) is 2. The number of benzene rings is 2. The first-order valence-electron chi connectivity index (χ1n) is 8.52. The fourth-order valence-corrected chi connectivity index (χ4v) is 2.84. The van der Waals surface area contributed by atoms with Gasteiger partial charge >= 0.3 is 0 Å². The van der Waals surface area contributed by atoms with Crippen LogP contribution < -0.4 is 10.7 Å². The Labute approximate surface area is 177 Å². The second-order valence-electron chi connectivity index (χ2n) is 6.40. The molecular formula is C19H18Cl2N4O4. The summed E-state index contributed by atoms with van der Waals surface area (Å²) in [5, 5.41) is 17.7. The van der Waals surface area contributed by atoms with Crippen molar-refractivity contribution in [2.75, 3.05) is 0 Å². The summed E-state index contributed by atoms with van der Waals surface area (Å²) in [6.45, 7) is 3.54. The number of amides is 2. The van der Waals surface area contributed by atoms with E-state index in [2.05, 4.69) is 15.8 Å². The van der Waals surface area contributed by atoms with Crippen molar-refractivity contribution < 1.29 is 14.5 Å². The SMILES string of the molecule is CC(C)C(NC(=O)c1ccc(Cl)cc1Cl)C(=O)N/N=C/c1ccc([N+](=O)[O-])cc1. The fraction of sp³-hybridized carbons (Fsp3) is 0.211. The molecule has 1 atom stereocenters. The van der Waals surface area contributed by atoms with Crippen molar-refractivity contribution in [1.29, 1.82) is 0 Å². The Hall–Kier alpha value is -2.97. The summed E-state index contributed by atoms with van der Waals surface area (Å²) in [5.41, 5.74) is 3.07. The summed E-state index contributed by atoms with van der Waals surface area (Å²) in [6.07, 6.45) is 1.34. The van der Waals surface area contributed by atoms with Crippen molar-refractivity contribution in [1.82, 2.24) is 10.7 Å². The third kappa shape index (κ3) is 6.27. The molecule has 2 N–H and O–H groups in total. The Morgan fingerprint density at radius 1 is 1.14 bits per heavy atom. The minimum absolute atomic E-state index is 0.0466. The standard InChI is InChI=1S/C19H18Cl2N4O4/c1-11(2)17(23-18(26)15-8-5-13(20)9-16(15)21)19(27)24-22-10-12-3-6-14(7-4-12)25(28)29/h3-11,17H,1-2H3,(H,23,26)(H,24,27)/b22-10+. The van der Waals surface area contributed by atoms with Crippen molar-refractivity contribution in [2.45, 2.75) is 19.9 Å². The van der Waals surface area contributed by atoms with Gasteiger partial charge in [0.2, 0.25) is 0 Å². The van der Waals surface area contributed by atoms with Crippen LogP contribution in [0.25, 0.3) is 0 Å². The number of nitrogens with zero attached hydrogens (tertiary/aromatic N) is 2. The Morgan fingerprint density at radius 2 is 1.79 bits per heavy atom. The summed E-state index contributed by atoms with van der Waals surface area (Å²) < 4.78 is 0. The minimum Gasteiger partial charge on any atom is -0.340 e. The summed E-state index contributed by atoms with van der Waals surface area (Å²) in [5.74, 6) is -1.25. The van der Waals surface area contributed by atoms with Crippen LogP contribution >= 0.6 is 23.2 Å². The molecule has 1 unspecified atom stereocenters. The predicted molar refractivity (Wildman–Crippen MR) is 111 cm³/mol. The number of carbonyl (C=O) groups excluding carboxylic acids is 2. The number of non-ortho nitro benzene ring substituents is 1. The van der Waals surface area contributed by atoms with E-state index in [0.29, 0.717) is 10.6 Å². The molecule has 0 radical (unpaired) electrons. The van der Waals surface area contributed by atoms with Gasteiger partial charge in [-0.15, -0.1) is 0 Å². The van der Waals surface area contributed by atoms with E-state index >= 15 is 0 Å². The van der Waals surface area contributed by atoms with Crippen LogP contribution in [-0.2, 0) is 4.79 Å². The second kappa shape index (κ2) is 9.99. The third-order valence-corrected chi connectivity index (χ3v) is 4.45. The molecule has 0 bridgehead atoms. The molecule has 8 nitrogen and oxygen atoms in total. The molecule has 0 aliphatic carbocycles. The van der Waals surface area contributed by atoms with Gasteiger partial charge in [0.1, 0.15) is 6.04 Å². The summed E-state index contributed by atoms with van der Waals surface area (Å²) in [4.78, 5) is 35.0. The summed E-state index contributed by atoms with van der Waals surface area (Å²) >= 11 is 11.9. The van der Waals surface area contributed by atoms with Crippen LogP contribution in [0.5, 0.6) is 0 Å². The number of carbonyl (C=O) groups is 2. The lowest BCUT2D eigenvalue weighted by atomic mass is 10.0. The van der Waals surface area contributed by atoms with Crippen LogP contribution in [0.3, 0.4) is 0 Å². The fourth-order valence-electron chi connectivity index (χ4n) is 2.35. The van der Waals surface area contributed by atoms with E-state index in [1.54, 1.807) is 13.8 Å². The molecule has 0 spiro atoms. The zero-order chi connectivity index (χ0) is 21.6. The Kier molecular flexibility index (Phi) is 7.69. The highest BCUT2D eigenvalue weighted by Gasteiger charge is 2.25. The molecule has 0 saturated carbocycles. The average Bonchev–Trinajstić information content (AvgIpc) is 2.65. The highest BCUT2D eigenvalue weighted by Crippen LogP contribution is 2.21. The van der Waals surface area contributed by atoms with Crippen molar-refractivity contribution >= 4 is 46.9 Å². The largest absolute Gasteiger partial charge is 0.340 e. The third-order valence-electron chi connectivity index (χ3n) is 3.90. The highest BCUT2D eigenvalue weighted by atomic mass is 35.5. The van der Waals surface area contributed by atoms with Crippen molar-refractivity contribution in [3.8, 4) is 0 Å². The van der Waals surface area contributed by atoms with E-state index in [0.717, 1.165) is 0 Å². The van der Waals surface area contributed by atoms with Crippen LogP contribution in [0.2, 0.25) is 10.0 Å². The number of halogens is 2. The Bertz CT molecular complexity index is 946. The van der Waals surface area contributed by atoms with Gasteiger partial charge in [-0.05, 0) is 41.8 Å². The monoisotopic (exact) mass is 436 g/mol. The molecular weight excluding hydrogens is 419 g/mol. The van der Waals surface area contributed by atoms with Gasteiger partial charge in [0.15, 0.2) is 0 Å². The Morgan fingerprint density at radius 3 is 2.34 bits per heavy atom.